The lowest BCUT2D eigenvalue weighted by molar-refractivity contribution is -0.129. The van der Waals surface area contributed by atoms with Crippen molar-refractivity contribution >= 4 is 0 Å². The van der Waals surface area contributed by atoms with Gasteiger partial charge in [0.15, 0.2) is 0 Å². The summed E-state index contributed by atoms with van der Waals surface area (Å²) in [5.74, 6) is 8.05. The second-order valence-electron chi connectivity index (χ2n) is 23.6. The number of hydrogen-bond acceptors (Lipinski definition) is 0. The Morgan fingerprint density at radius 1 is 0.279 bits per heavy atom. The van der Waals surface area contributed by atoms with Gasteiger partial charge in [-0.25, -0.2) is 0 Å². The zero-order valence-electron chi connectivity index (χ0n) is 33.2. The van der Waals surface area contributed by atoms with E-state index in [1.165, 1.54) is 64.2 Å². The molecule has 5 aliphatic rings. The molecular formula is C43H82. The first-order valence-corrected chi connectivity index (χ1v) is 19.0. The summed E-state index contributed by atoms with van der Waals surface area (Å²) in [5, 5.41) is 0. The van der Waals surface area contributed by atoms with E-state index in [0.29, 0.717) is 32.5 Å². The first kappa shape index (κ1) is 37.5. The molecule has 0 heteroatoms. The molecule has 0 nitrogen and oxygen atoms in total. The van der Waals surface area contributed by atoms with Gasteiger partial charge in [-0.2, -0.15) is 0 Å². The topological polar surface area (TPSA) is 0 Å². The summed E-state index contributed by atoms with van der Waals surface area (Å²) >= 11 is 0. The molecular weight excluding hydrogens is 516 g/mol. The lowest BCUT2D eigenvalue weighted by Crippen LogP contribution is -2.53. The molecule has 5 aliphatic carbocycles. The van der Waals surface area contributed by atoms with Gasteiger partial charge in [-0.15, -0.1) is 0 Å². The summed E-state index contributed by atoms with van der Waals surface area (Å²) in [7, 11) is 0. The second kappa shape index (κ2) is 12.2. The third-order valence-corrected chi connectivity index (χ3v) is 14.2. The molecule has 0 unspecified atom stereocenters. The summed E-state index contributed by atoms with van der Waals surface area (Å²) in [5.41, 5.74) is 4.08. The molecule has 0 radical (unpaired) electrons. The Balaban J connectivity index is 0.000000179. The molecule has 0 aromatic heterocycles. The van der Waals surface area contributed by atoms with Crippen LogP contribution in [0, 0.1) is 85.2 Å². The third-order valence-electron chi connectivity index (χ3n) is 14.2. The van der Waals surface area contributed by atoms with Crippen molar-refractivity contribution in [2.45, 2.75) is 189 Å². The molecule has 0 N–H and O–H groups in total. The van der Waals surface area contributed by atoms with Crippen LogP contribution in [0.3, 0.4) is 0 Å². The summed E-state index contributed by atoms with van der Waals surface area (Å²) in [6, 6.07) is 0. The van der Waals surface area contributed by atoms with Crippen molar-refractivity contribution in [2.24, 2.45) is 85.2 Å². The van der Waals surface area contributed by atoms with Gasteiger partial charge in [-0.3, -0.25) is 0 Å². The van der Waals surface area contributed by atoms with Gasteiger partial charge >= 0.3 is 0 Å². The molecule has 5 rings (SSSR count). The Hall–Kier alpha value is 0. The first-order chi connectivity index (χ1) is 19.0. The van der Waals surface area contributed by atoms with Gasteiger partial charge in [0.25, 0.3) is 0 Å². The third kappa shape index (κ3) is 9.52. The normalized spacial score (nSPS) is 38.1. The minimum absolute atomic E-state index is 0.543. The van der Waals surface area contributed by atoms with Crippen LogP contribution in [0.25, 0.3) is 0 Å². The molecule has 0 aromatic carbocycles. The summed E-state index contributed by atoms with van der Waals surface area (Å²) in [4.78, 5) is 0. The maximum Gasteiger partial charge on any atom is -0.0286 e. The van der Waals surface area contributed by atoms with E-state index in [4.69, 9.17) is 0 Å². The van der Waals surface area contributed by atoms with E-state index in [0.717, 1.165) is 52.8 Å². The van der Waals surface area contributed by atoms with Crippen LogP contribution in [0.4, 0.5) is 0 Å². The van der Waals surface area contributed by atoms with Gasteiger partial charge in [-0.05, 0) is 149 Å². The van der Waals surface area contributed by atoms with Crippen molar-refractivity contribution in [3.05, 3.63) is 0 Å². The van der Waals surface area contributed by atoms with Gasteiger partial charge in [0.1, 0.15) is 0 Å². The zero-order valence-corrected chi connectivity index (χ0v) is 33.2. The van der Waals surface area contributed by atoms with Gasteiger partial charge in [0.05, 0.1) is 0 Å². The molecule has 0 aromatic rings. The lowest BCUT2D eigenvalue weighted by atomic mass is 9.42. The predicted octanol–water partition coefficient (Wildman–Crippen LogP) is 14.1. The van der Waals surface area contributed by atoms with Crippen molar-refractivity contribution in [1.82, 2.24) is 0 Å². The van der Waals surface area contributed by atoms with Crippen LogP contribution in [-0.4, -0.2) is 0 Å². The highest BCUT2D eigenvalue weighted by molar-refractivity contribution is 5.07. The number of rotatable bonds is 0. The second-order valence-corrected chi connectivity index (χ2v) is 23.6. The molecule has 0 heterocycles. The van der Waals surface area contributed by atoms with E-state index in [9.17, 15) is 0 Å². The minimum atomic E-state index is 0.543. The maximum absolute atomic E-state index is 2.43. The molecule has 43 heavy (non-hydrogen) atoms. The highest BCUT2D eigenvalue weighted by Crippen LogP contribution is 2.67. The van der Waals surface area contributed by atoms with E-state index in [2.05, 4.69) is 125 Å². The first-order valence-electron chi connectivity index (χ1n) is 19.0. The lowest BCUT2D eigenvalue weighted by Gasteiger charge is -2.63. The molecule has 254 valence electrons. The molecule has 0 saturated heterocycles. The Kier molecular flexibility index (Phi) is 10.6. The SMILES string of the molecule is CC(C)(C)C1CC(C(C)(C)C)C1.CC(C)(C)C1CC2(C1)CC(C(C)(C)C)C2.CC(C)(C)C1CC2CC(C(C)(C)C)CC2C1. The molecule has 1 spiro atoms. The fourth-order valence-electron chi connectivity index (χ4n) is 9.59. The number of fused-ring (bicyclic) bond motifs is 1. The average Bonchev–Trinajstić information content (AvgIpc) is 3.19. The summed E-state index contributed by atoms with van der Waals surface area (Å²) in [6.45, 7) is 43.3. The fraction of sp³-hybridized carbons (Fsp3) is 1.00. The predicted molar refractivity (Wildman–Crippen MR) is 193 cm³/mol. The Bertz CT molecular complexity index is 783. The van der Waals surface area contributed by atoms with E-state index >= 15 is 0 Å². The maximum atomic E-state index is 2.43. The van der Waals surface area contributed by atoms with Crippen LogP contribution in [0.15, 0.2) is 0 Å². The van der Waals surface area contributed by atoms with Gasteiger partial charge in [0.2, 0.25) is 0 Å². The monoisotopic (exact) mass is 599 g/mol. The quantitative estimate of drug-likeness (QED) is 0.260. The highest BCUT2D eigenvalue weighted by Gasteiger charge is 2.57. The highest BCUT2D eigenvalue weighted by atomic mass is 14.6. The molecule has 5 fully saturated rings. The Labute approximate surface area is 273 Å². The summed E-state index contributed by atoms with van der Waals surface area (Å²) < 4.78 is 0. The van der Waals surface area contributed by atoms with Crippen LogP contribution in [-0.2, 0) is 0 Å². The fourth-order valence-corrected chi connectivity index (χ4v) is 9.59. The van der Waals surface area contributed by atoms with Crippen LogP contribution < -0.4 is 0 Å². The minimum Gasteiger partial charge on any atom is -0.0599 e. The van der Waals surface area contributed by atoms with E-state index in [1.807, 2.05) is 0 Å². The molecule has 0 atom stereocenters. The van der Waals surface area contributed by atoms with Crippen molar-refractivity contribution in [3.63, 3.8) is 0 Å². The summed E-state index contributed by atoms with van der Waals surface area (Å²) in [6.07, 6.45) is 15.0. The average molecular weight is 599 g/mol. The van der Waals surface area contributed by atoms with Crippen molar-refractivity contribution in [1.29, 1.82) is 0 Å². The van der Waals surface area contributed by atoms with Crippen LogP contribution in [0.5, 0.6) is 0 Å². The zero-order chi connectivity index (χ0) is 33.2. The molecule has 5 saturated carbocycles. The van der Waals surface area contributed by atoms with Crippen molar-refractivity contribution in [2.75, 3.05) is 0 Å². The van der Waals surface area contributed by atoms with Gasteiger partial charge in [0, 0.05) is 0 Å². The van der Waals surface area contributed by atoms with Gasteiger partial charge in [-0.1, -0.05) is 125 Å². The van der Waals surface area contributed by atoms with E-state index in [-0.39, 0.29) is 0 Å². The standard InChI is InChI=1S/C16H30.C15H28.C12H24/c1-15(2,3)13-7-11-9-14(16(4,5)6)10-12(11)8-13;1-13(2,3)11-7-15(8-11)9-12(10-15)14(4,5)6;1-11(2,3)9-7-10(8-9)12(4,5)6/h11-14H,7-10H2,1-6H3;11-12H,7-10H2,1-6H3;9-10H,7-8H2,1-6H3. The van der Waals surface area contributed by atoms with Crippen LogP contribution >= 0.6 is 0 Å². The number of hydrogen-bond donors (Lipinski definition) is 0. The smallest absolute Gasteiger partial charge is 0.0286 e. The Morgan fingerprint density at radius 2 is 0.465 bits per heavy atom. The van der Waals surface area contributed by atoms with Crippen molar-refractivity contribution < 1.29 is 0 Å². The van der Waals surface area contributed by atoms with Crippen LogP contribution in [0.2, 0.25) is 0 Å². The Morgan fingerprint density at radius 3 is 0.651 bits per heavy atom. The molecule has 0 bridgehead atoms. The van der Waals surface area contributed by atoms with E-state index < -0.39 is 0 Å². The largest absolute Gasteiger partial charge is 0.0599 e. The molecule has 0 aliphatic heterocycles. The van der Waals surface area contributed by atoms with E-state index in [1.54, 1.807) is 0 Å². The van der Waals surface area contributed by atoms with Gasteiger partial charge < -0.3 is 0 Å². The van der Waals surface area contributed by atoms with Crippen molar-refractivity contribution in [3.8, 4) is 0 Å². The molecule has 0 amide bonds. The van der Waals surface area contributed by atoms with Crippen LogP contribution in [0.1, 0.15) is 189 Å².